The fourth-order valence-electron chi connectivity index (χ4n) is 1.77. The van der Waals surface area contributed by atoms with Crippen molar-refractivity contribution in [2.45, 2.75) is 38.0 Å². The van der Waals surface area contributed by atoms with Crippen molar-refractivity contribution in [3.8, 4) is 0 Å². The molecule has 0 aliphatic heterocycles. The van der Waals surface area contributed by atoms with E-state index in [2.05, 4.69) is 20.4 Å². The van der Waals surface area contributed by atoms with Gasteiger partial charge in [0.15, 0.2) is 5.82 Å². The van der Waals surface area contributed by atoms with E-state index in [1.807, 2.05) is 0 Å². The third-order valence-corrected chi connectivity index (χ3v) is 2.48. The van der Waals surface area contributed by atoms with E-state index in [1.165, 1.54) is 19.3 Å². The molecule has 1 aliphatic rings. The number of nitrogen functional groups attached to an aromatic ring is 1. The molecule has 70 valence electrons. The van der Waals surface area contributed by atoms with Gasteiger partial charge in [0.2, 0.25) is 0 Å². The molecule has 0 aromatic carbocycles. The van der Waals surface area contributed by atoms with Crippen molar-refractivity contribution >= 4 is 5.95 Å². The third kappa shape index (κ3) is 1.91. The van der Waals surface area contributed by atoms with Gasteiger partial charge in [0.05, 0.1) is 0 Å². The highest BCUT2D eigenvalue weighted by atomic mass is 15.3. The number of nitrogens with zero attached hydrogens (tertiary/aromatic N) is 4. The molecule has 1 aromatic rings. The van der Waals surface area contributed by atoms with Crippen LogP contribution in [0.4, 0.5) is 5.95 Å². The second-order valence-electron chi connectivity index (χ2n) is 3.45. The zero-order chi connectivity index (χ0) is 9.10. The molecule has 0 spiro atoms. The highest BCUT2D eigenvalue weighted by molar-refractivity contribution is 5.08. The van der Waals surface area contributed by atoms with Crippen LogP contribution in [0.3, 0.4) is 0 Å². The largest absolute Gasteiger partial charge is 0.365 e. The molecule has 1 fully saturated rings. The monoisotopic (exact) mass is 179 g/mol. The Morgan fingerprint density at radius 1 is 0.923 bits per heavy atom. The van der Waals surface area contributed by atoms with Crippen molar-refractivity contribution in [2.75, 3.05) is 5.73 Å². The van der Waals surface area contributed by atoms with Gasteiger partial charge in [-0.2, -0.15) is 0 Å². The van der Waals surface area contributed by atoms with Crippen LogP contribution in [0.1, 0.15) is 43.8 Å². The molecule has 0 radical (unpaired) electrons. The number of rotatable bonds is 1. The first kappa shape index (κ1) is 8.34. The lowest BCUT2D eigenvalue weighted by molar-refractivity contribution is 0.421. The minimum absolute atomic E-state index is 0.152. The second kappa shape index (κ2) is 3.64. The molecule has 1 aliphatic carbocycles. The summed E-state index contributed by atoms with van der Waals surface area (Å²) in [6.07, 6.45) is 6.17. The van der Waals surface area contributed by atoms with E-state index in [1.54, 1.807) is 0 Å². The van der Waals surface area contributed by atoms with Crippen LogP contribution < -0.4 is 5.73 Å². The van der Waals surface area contributed by atoms with Crippen molar-refractivity contribution < 1.29 is 0 Å². The van der Waals surface area contributed by atoms with Crippen molar-refractivity contribution in [3.05, 3.63) is 5.82 Å². The van der Waals surface area contributed by atoms with Gasteiger partial charge in [0.25, 0.3) is 5.95 Å². The van der Waals surface area contributed by atoms with E-state index in [0.717, 1.165) is 18.7 Å². The predicted molar refractivity (Wildman–Crippen MR) is 47.9 cm³/mol. The van der Waals surface area contributed by atoms with Crippen LogP contribution in [0, 0.1) is 0 Å². The maximum atomic E-state index is 5.31. The first-order valence-electron chi connectivity index (χ1n) is 4.69. The lowest BCUT2D eigenvalue weighted by Gasteiger charge is -2.18. The molecular formula is C8H13N5. The number of aromatic nitrogens is 4. The Morgan fingerprint density at radius 2 is 1.54 bits per heavy atom. The molecule has 5 nitrogen and oxygen atoms in total. The SMILES string of the molecule is Nc1nnc(C2CCCCC2)nn1. The van der Waals surface area contributed by atoms with Gasteiger partial charge in [0.1, 0.15) is 0 Å². The fraction of sp³-hybridized carbons (Fsp3) is 0.750. The Bertz CT molecular complexity index is 264. The van der Waals surface area contributed by atoms with Crippen molar-refractivity contribution in [1.82, 2.24) is 20.4 Å². The average Bonchev–Trinajstić information content (AvgIpc) is 2.20. The van der Waals surface area contributed by atoms with E-state index >= 15 is 0 Å². The van der Waals surface area contributed by atoms with Gasteiger partial charge < -0.3 is 5.73 Å². The number of nitrogens with two attached hydrogens (primary N) is 1. The quantitative estimate of drug-likeness (QED) is 0.692. The molecule has 1 aromatic heterocycles. The minimum atomic E-state index is 0.152. The molecule has 0 saturated heterocycles. The average molecular weight is 179 g/mol. The van der Waals surface area contributed by atoms with Gasteiger partial charge in [-0.25, -0.2) is 0 Å². The lowest BCUT2D eigenvalue weighted by atomic mass is 9.89. The number of anilines is 1. The first-order chi connectivity index (χ1) is 6.36. The van der Waals surface area contributed by atoms with Gasteiger partial charge in [-0.3, -0.25) is 0 Å². The fourth-order valence-corrected chi connectivity index (χ4v) is 1.77. The summed E-state index contributed by atoms with van der Waals surface area (Å²) in [6.45, 7) is 0. The maximum absolute atomic E-state index is 5.31. The topological polar surface area (TPSA) is 77.6 Å². The highest BCUT2D eigenvalue weighted by Crippen LogP contribution is 2.29. The zero-order valence-corrected chi connectivity index (χ0v) is 7.48. The van der Waals surface area contributed by atoms with Crippen LogP contribution in [-0.2, 0) is 0 Å². The van der Waals surface area contributed by atoms with E-state index in [0.29, 0.717) is 5.92 Å². The lowest BCUT2D eigenvalue weighted by Crippen LogP contribution is -2.12. The van der Waals surface area contributed by atoms with Crippen LogP contribution in [0.5, 0.6) is 0 Å². The molecule has 1 saturated carbocycles. The van der Waals surface area contributed by atoms with E-state index in [4.69, 9.17) is 5.73 Å². The summed E-state index contributed by atoms with van der Waals surface area (Å²) in [5.74, 6) is 1.36. The van der Waals surface area contributed by atoms with Gasteiger partial charge in [-0.05, 0) is 12.8 Å². The summed E-state index contributed by atoms with van der Waals surface area (Å²) in [5.41, 5.74) is 5.31. The molecule has 0 amide bonds. The van der Waals surface area contributed by atoms with Gasteiger partial charge >= 0.3 is 0 Å². The van der Waals surface area contributed by atoms with Crippen molar-refractivity contribution in [2.24, 2.45) is 0 Å². The van der Waals surface area contributed by atoms with E-state index in [-0.39, 0.29) is 5.95 Å². The number of hydrogen-bond donors (Lipinski definition) is 1. The molecular weight excluding hydrogens is 166 g/mol. The summed E-state index contributed by atoms with van der Waals surface area (Å²) in [7, 11) is 0. The first-order valence-corrected chi connectivity index (χ1v) is 4.69. The Labute approximate surface area is 76.8 Å². The van der Waals surface area contributed by atoms with Gasteiger partial charge in [-0.1, -0.05) is 19.3 Å². The minimum Gasteiger partial charge on any atom is -0.365 e. The molecule has 0 atom stereocenters. The second-order valence-corrected chi connectivity index (χ2v) is 3.45. The van der Waals surface area contributed by atoms with E-state index in [9.17, 15) is 0 Å². The summed E-state index contributed by atoms with van der Waals surface area (Å²) >= 11 is 0. The normalized spacial score (nSPS) is 18.8. The molecule has 5 heteroatoms. The summed E-state index contributed by atoms with van der Waals surface area (Å²) in [4.78, 5) is 0. The Balaban J connectivity index is 2.10. The Kier molecular flexibility index (Phi) is 2.33. The summed E-state index contributed by atoms with van der Waals surface area (Å²) in [6, 6.07) is 0. The standard InChI is InChI=1S/C8H13N5/c9-8-12-10-7(11-13-8)6-4-2-1-3-5-6/h6H,1-5H2,(H2,9,12,13). The maximum Gasteiger partial charge on any atom is 0.259 e. The molecule has 2 N–H and O–H groups in total. The molecule has 0 bridgehead atoms. The van der Waals surface area contributed by atoms with Crippen LogP contribution in [0.25, 0.3) is 0 Å². The zero-order valence-electron chi connectivity index (χ0n) is 7.48. The predicted octanol–water partition coefficient (Wildman–Crippen LogP) is 0.896. The van der Waals surface area contributed by atoms with Gasteiger partial charge in [0, 0.05) is 5.92 Å². The Morgan fingerprint density at radius 3 is 2.15 bits per heavy atom. The molecule has 1 heterocycles. The van der Waals surface area contributed by atoms with E-state index < -0.39 is 0 Å². The van der Waals surface area contributed by atoms with Crippen LogP contribution in [0.2, 0.25) is 0 Å². The van der Waals surface area contributed by atoms with Crippen molar-refractivity contribution in [1.29, 1.82) is 0 Å². The summed E-state index contributed by atoms with van der Waals surface area (Å²) in [5, 5.41) is 15.3. The molecule has 13 heavy (non-hydrogen) atoms. The van der Waals surface area contributed by atoms with Crippen LogP contribution >= 0.6 is 0 Å². The van der Waals surface area contributed by atoms with Crippen molar-refractivity contribution in [3.63, 3.8) is 0 Å². The molecule has 2 rings (SSSR count). The van der Waals surface area contributed by atoms with Crippen LogP contribution in [-0.4, -0.2) is 20.4 Å². The summed E-state index contributed by atoms with van der Waals surface area (Å²) < 4.78 is 0. The third-order valence-electron chi connectivity index (χ3n) is 2.48. The smallest absolute Gasteiger partial charge is 0.259 e. The van der Waals surface area contributed by atoms with Gasteiger partial charge in [-0.15, -0.1) is 20.4 Å². The van der Waals surface area contributed by atoms with Crippen LogP contribution in [0.15, 0.2) is 0 Å². The highest BCUT2D eigenvalue weighted by Gasteiger charge is 2.18. The molecule has 0 unspecified atom stereocenters. The number of hydrogen-bond acceptors (Lipinski definition) is 5. The Hall–Kier alpha value is -1.26.